The van der Waals surface area contributed by atoms with Crippen LogP contribution in [0.2, 0.25) is 5.15 Å². The molecule has 1 fully saturated rings. The summed E-state index contributed by atoms with van der Waals surface area (Å²) < 4.78 is 11.1. The summed E-state index contributed by atoms with van der Waals surface area (Å²) in [5.41, 5.74) is 2.28. The van der Waals surface area contributed by atoms with Gasteiger partial charge in [0.05, 0.1) is 31.6 Å². The van der Waals surface area contributed by atoms with E-state index >= 15 is 0 Å². The zero-order valence-corrected chi connectivity index (χ0v) is 19.1. The number of halogens is 1. The second-order valence-electron chi connectivity index (χ2n) is 7.48. The Labute approximate surface area is 193 Å². The molecule has 1 amide bonds. The van der Waals surface area contributed by atoms with E-state index in [-0.39, 0.29) is 17.2 Å². The Kier molecular flexibility index (Phi) is 6.83. The Hall–Kier alpha value is -2.82. The summed E-state index contributed by atoms with van der Waals surface area (Å²) in [5.74, 6) is 0.173. The van der Waals surface area contributed by atoms with Gasteiger partial charge in [0, 0.05) is 28.9 Å². The van der Waals surface area contributed by atoms with Crippen molar-refractivity contribution >= 4 is 34.0 Å². The number of aryl methyl sites for hydroxylation is 1. The predicted molar refractivity (Wildman–Crippen MR) is 120 cm³/mol. The van der Waals surface area contributed by atoms with Crippen LogP contribution in [0.1, 0.15) is 35.3 Å². The van der Waals surface area contributed by atoms with Gasteiger partial charge in [-0.2, -0.15) is 0 Å². The van der Waals surface area contributed by atoms with E-state index in [2.05, 4.69) is 25.5 Å². The van der Waals surface area contributed by atoms with Crippen molar-refractivity contribution in [2.24, 2.45) is 5.92 Å². The van der Waals surface area contributed by atoms with Crippen LogP contribution < -0.4 is 14.8 Å². The van der Waals surface area contributed by atoms with E-state index in [1.54, 1.807) is 12.1 Å². The highest BCUT2D eigenvalue weighted by atomic mass is 35.5. The molecule has 0 aromatic carbocycles. The number of aliphatic hydroxyl groups is 1. The summed E-state index contributed by atoms with van der Waals surface area (Å²) in [6, 6.07) is 3.42. The number of pyridine rings is 2. The molecule has 4 rings (SSSR count). The zero-order chi connectivity index (χ0) is 22.7. The number of methoxy groups -OCH3 is 1. The zero-order valence-electron chi connectivity index (χ0n) is 17.5. The van der Waals surface area contributed by atoms with Gasteiger partial charge in [-0.05, 0) is 43.2 Å². The molecular formula is C21H22ClN5O4S. The first-order valence-corrected chi connectivity index (χ1v) is 11.3. The van der Waals surface area contributed by atoms with Gasteiger partial charge in [-0.1, -0.05) is 23.1 Å². The molecule has 0 spiro atoms. The second-order valence-corrected chi connectivity index (χ2v) is 8.80. The summed E-state index contributed by atoms with van der Waals surface area (Å²) in [7, 11) is 1.52. The first-order valence-electron chi connectivity index (χ1n) is 10.1. The van der Waals surface area contributed by atoms with Crippen LogP contribution >= 0.6 is 22.9 Å². The van der Waals surface area contributed by atoms with Gasteiger partial charge >= 0.3 is 0 Å². The number of nitrogens with zero attached hydrogens (tertiary/aromatic N) is 4. The molecule has 0 aliphatic heterocycles. The minimum absolute atomic E-state index is 0.0975. The van der Waals surface area contributed by atoms with Gasteiger partial charge in [0.2, 0.25) is 5.13 Å². The number of anilines is 1. The van der Waals surface area contributed by atoms with Crippen LogP contribution in [-0.2, 0) is 0 Å². The first kappa shape index (κ1) is 22.4. The molecule has 32 heavy (non-hydrogen) atoms. The van der Waals surface area contributed by atoms with Crippen molar-refractivity contribution in [1.82, 2.24) is 20.2 Å². The molecule has 1 aliphatic carbocycles. The molecule has 11 heteroatoms. The fourth-order valence-corrected chi connectivity index (χ4v) is 4.38. The topological polar surface area (TPSA) is 119 Å². The average molecular weight is 476 g/mol. The molecule has 3 heterocycles. The first-order chi connectivity index (χ1) is 15.4. The standard InChI is InChI=1S/C21H22ClN5O4S/c1-11-6-13(14-7-18(22)24-9-17(14)30-2)15(8-23-11)19(29)25-20-26-27-21(32-20)31-10-12-4-3-5-16(12)28/h6-9,12,16,28H,3-5,10H2,1-2H3,(H,25,26,29). The third-order valence-electron chi connectivity index (χ3n) is 5.30. The van der Waals surface area contributed by atoms with Crippen molar-refractivity contribution in [1.29, 1.82) is 0 Å². The molecule has 3 aromatic rings. The normalized spacial score (nSPS) is 17.9. The maximum absolute atomic E-state index is 13.0. The number of aliphatic hydroxyl groups excluding tert-OH is 1. The van der Waals surface area contributed by atoms with Crippen molar-refractivity contribution < 1.29 is 19.4 Å². The molecule has 3 aromatic heterocycles. The fraction of sp³-hybridized carbons (Fsp3) is 0.381. The lowest BCUT2D eigenvalue weighted by atomic mass is 10.0. The molecule has 2 unspecified atom stereocenters. The molecular weight excluding hydrogens is 454 g/mol. The second kappa shape index (κ2) is 9.76. The monoisotopic (exact) mass is 475 g/mol. The van der Waals surface area contributed by atoms with Crippen molar-refractivity contribution in [2.75, 3.05) is 19.0 Å². The Bertz CT molecular complexity index is 1130. The van der Waals surface area contributed by atoms with Gasteiger partial charge < -0.3 is 14.6 Å². The minimum atomic E-state index is -0.406. The van der Waals surface area contributed by atoms with E-state index in [1.807, 2.05) is 6.92 Å². The van der Waals surface area contributed by atoms with Gasteiger partial charge in [-0.15, -0.1) is 5.10 Å². The molecule has 168 valence electrons. The Balaban J connectivity index is 1.52. The van der Waals surface area contributed by atoms with Crippen LogP contribution in [0, 0.1) is 12.8 Å². The molecule has 2 atom stereocenters. The highest BCUT2D eigenvalue weighted by Crippen LogP contribution is 2.34. The van der Waals surface area contributed by atoms with Crippen LogP contribution in [-0.4, -0.2) is 51.0 Å². The number of hydrogen-bond donors (Lipinski definition) is 2. The Morgan fingerprint density at radius 3 is 2.84 bits per heavy atom. The minimum Gasteiger partial charge on any atom is -0.494 e. The number of rotatable bonds is 7. The van der Waals surface area contributed by atoms with E-state index in [9.17, 15) is 9.90 Å². The van der Waals surface area contributed by atoms with Crippen molar-refractivity contribution in [2.45, 2.75) is 32.3 Å². The van der Waals surface area contributed by atoms with E-state index < -0.39 is 5.91 Å². The fourth-order valence-electron chi connectivity index (χ4n) is 3.63. The number of carbonyl (C=O) groups excluding carboxylic acids is 1. The highest BCUT2D eigenvalue weighted by Gasteiger charge is 2.26. The Morgan fingerprint density at radius 1 is 1.25 bits per heavy atom. The van der Waals surface area contributed by atoms with Crippen molar-refractivity contribution in [3.63, 3.8) is 0 Å². The number of amides is 1. The lowest BCUT2D eigenvalue weighted by molar-refractivity contribution is 0.0981. The van der Waals surface area contributed by atoms with E-state index in [0.717, 1.165) is 36.3 Å². The third kappa shape index (κ3) is 4.98. The van der Waals surface area contributed by atoms with Gasteiger partial charge in [-0.3, -0.25) is 15.1 Å². The smallest absolute Gasteiger partial charge is 0.295 e. The molecule has 0 bridgehead atoms. The van der Waals surface area contributed by atoms with Crippen LogP contribution in [0.3, 0.4) is 0 Å². The predicted octanol–water partition coefficient (Wildman–Crippen LogP) is 3.76. The largest absolute Gasteiger partial charge is 0.494 e. The van der Waals surface area contributed by atoms with E-state index in [0.29, 0.717) is 39.4 Å². The number of carbonyl (C=O) groups is 1. The van der Waals surface area contributed by atoms with Gasteiger partial charge in [0.1, 0.15) is 10.9 Å². The lowest BCUT2D eigenvalue weighted by Gasteiger charge is -2.13. The van der Waals surface area contributed by atoms with Crippen LogP contribution in [0.5, 0.6) is 10.9 Å². The summed E-state index contributed by atoms with van der Waals surface area (Å²) in [6.45, 7) is 2.20. The summed E-state index contributed by atoms with van der Waals surface area (Å²) >= 11 is 7.21. The van der Waals surface area contributed by atoms with Crippen LogP contribution in [0.25, 0.3) is 11.1 Å². The highest BCUT2D eigenvalue weighted by molar-refractivity contribution is 7.17. The maximum Gasteiger partial charge on any atom is 0.295 e. The van der Waals surface area contributed by atoms with Crippen LogP contribution in [0.15, 0.2) is 24.5 Å². The van der Waals surface area contributed by atoms with Gasteiger partial charge in [0.15, 0.2) is 0 Å². The number of ether oxygens (including phenoxy) is 2. The molecule has 1 saturated carbocycles. The molecule has 1 aliphatic rings. The summed E-state index contributed by atoms with van der Waals surface area (Å²) in [5, 5.41) is 21.5. The van der Waals surface area contributed by atoms with Crippen molar-refractivity contribution in [3.8, 4) is 22.1 Å². The number of nitrogens with one attached hydrogen (secondary N) is 1. The van der Waals surface area contributed by atoms with E-state index in [4.69, 9.17) is 21.1 Å². The number of hydrogen-bond acceptors (Lipinski definition) is 9. The maximum atomic E-state index is 13.0. The quantitative estimate of drug-likeness (QED) is 0.496. The third-order valence-corrected chi connectivity index (χ3v) is 6.25. The number of aromatic nitrogens is 4. The SMILES string of the molecule is COc1cnc(Cl)cc1-c1cc(C)ncc1C(=O)Nc1nnc(OCC2CCCC2O)s1. The van der Waals surface area contributed by atoms with E-state index in [1.165, 1.54) is 19.5 Å². The van der Waals surface area contributed by atoms with Gasteiger partial charge in [-0.25, -0.2) is 4.98 Å². The van der Waals surface area contributed by atoms with Crippen LogP contribution in [0.4, 0.5) is 5.13 Å². The lowest BCUT2D eigenvalue weighted by Crippen LogP contribution is -2.20. The molecule has 0 radical (unpaired) electrons. The van der Waals surface area contributed by atoms with Crippen molar-refractivity contribution in [3.05, 3.63) is 40.9 Å². The summed E-state index contributed by atoms with van der Waals surface area (Å²) in [4.78, 5) is 21.3. The van der Waals surface area contributed by atoms with Gasteiger partial charge in [0.25, 0.3) is 11.1 Å². The summed E-state index contributed by atoms with van der Waals surface area (Å²) in [6.07, 6.45) is 5.38. The molecule has 9 nitrogen and oxygen atoms in total. The average Bonchev–Trinajstić information content (AvgIpc) is 3.40. The Morgan fingerprint density at radius 2 is 2.09 bits per heavy atom. The molecule has 0 saturated heterocycles. The molecule has 2 N–H and O–H groups in total.